The third-order valence-corrected chi connectivity index (χ3v) is 3.63. The van der Waals surface area contributed by atoms with E-state index in [-0.39, 0.29) is 31.2 Å². The second-order valence-electron chi connectivity index (χ2n) is 5.34. The van der Waals surface area contributed by atoms with E-state index in [4.69, 9.17) is 4.74 Å². The van der Waals surface area contributed by atoms with Crippen LogP contribution in [0.4, 0.5) is 0 Å². The number of esters is 1. The van der Waals surface area contributed by atoms with Gasteiger partial charge in [-0.05, 0) is 17.7 Å². The van der Waals surface area contributed by atoms with E-state index < -0.39 is 0 Å². The molecule has 0 fully saturated rings. The molecule has 4 heteroatoms. The summed E-state index contributed by atoms with van der Waals surface area (Å²) in [5, 5.41) is 0.988. The summed E-state index contributed by atoms with van der Waals surface area (Å²) in [5.74, 6) is -0.448. The van der Waals surface area contributed by atoms with Crippen molar-refractivity contribution in [1.82, 2.24) is 4.98 Å². The van der Waals surface area contributed by atoms with Crippen molar-refractivity contribution in [3.63, 3.8) is 0 Å². The fourth-order valence-corrected chi connectivity index (χ4v) is 2.38. The van der Waals surface area contributed by atoms with Gasteiger partial charge < -0.3 is 9.72 Å². The van der Waals surface area contributed by atoms with Gasteiger partial charge in [-0.1, -0.05) is 48.5 Å². The fraction of sp³-hybridized carbons (Fsp3) is 0.158. The molecule has 0 aliphatic carbocycles. The van der Waals surface area contributed by atoms with Crippen LogP contribution in [-0.2, 0) is 16.1 Å². The van der Waals surface area contributed by atoms with Crippen LogP contribution < -0.4 is 0 Å². The molecule has 0 radical (unpaired) electrons. The molecule has 0 saturated heterocycles. The molecule has 3 rings (SSSR count). The molecule has 1 aromatic heterocycles. The predicted octanol–water partition coefficient (Wildman–Crippen LogP) is 3.87. The van der Waals surface area contributed by atoms with Crippen molar-refractivity contribution >= 4 is 22.7 Å². The summed E-state index contributed by atoms with van der Waals surface area (Å²) in [6.07, 6.45) is 0.224. The fourth-order valence-electron chi connectivity index (χ4n) is 2.38. The Kier molecular flexibility index (Phi) is 4.52. The van der Waals surface area contributed by atoms with Crippen molar-refractivity contribution in [2.24, 2.45) is 0 Å². The molecular formula is C19H17NO3. The monoisotopic (exact) mass is 307 g/mol. The molecular weight excluding hydrogens is 290 g/mol. The van der Waals surface area contributed by atoms with Crippen molar-refractivity contribution in [2.45, 2.75) is 19.4 Å². The average Bonchev–Trinajstić information content (AvgIpc) is 3.03. The van der Waals surface area contributed by atoms with E-state index in [9.17, 15) is 9.59 Å². The maximum atomic E-state index is 12.2. The van der Waals surface area contributed by atoms with Crippen LogP contribution in [0.25, 0.3) is 10.9 Å². The van der Waals surface area contributed by atoms with Gasteiger partial charge in [-0.3, -0.25) is 9.59 Å². The Balaban J connectivity index is 1.51. The van der Waals surface area contributed by atoms with Gasteiger partial charge in [0.05, 0.1) is 12.1 Å². The van der Waals surface area contributed by atoms with E-state index in [0.717, 1.165) is 16.5 Å². The summed E-state index contributed by atoms with van der Waals surface area (Å²) in [6.45, 7) is 0.236. The highest BCUT2D eigenvalue weighted by atomic mass is 16.5. The molecule has 0 amide bonds. The van der Waals surface area contributed by atoms with Crippen LogP contribution in [0.3, 0.4) is 0 Å². The van der Waals surface area contributed by atoms with Crippen LogP contribution >= 0.6 is 0 Å². The molecule has 0 aliphatic heterocycles. The lowest BCUT2D eigenvalue weighted by Crippen LogP contribution is -2.08. The number of ether oxygens (including phenoxy) is 1. The largest absolute Gasteiger partial charge is 0.461 e. The summed E-state index contributed by atoms with van der Waals surface area (Å²) in [6, 6.07) is 19.0. The molecule has 0 aliphatic rings. The van der Waals surface area contributed by atoms with E-state index in [0.29, 0.717) is 5.69 Å². The minimum atomic E-state index is -0.363. The first-order chi connectivity index (χ1) is 11.2. The maximum absolute atomic E-state index is 12.2. The van der Waals surface area contributed by atoms with Crippen LogP contribution in [0.15, 0.2) is 60.7 Å². The first-order valence-corrected chi connectivity index (χ1v) is 7.53. The van der Waals surface area contributed by atoms with Crippen molar-refractivity contribution in [1.29, 1.82) is 0 Å². The molecule has 0 spiro atoms. The standard InChI is InChI=1S/C19H17NO3/c21-18(17-12-15-8-4-5-9-16(15)20-17)10-11-19(22)23-13-14-6-2-1-3-7-14/h1-9,12,20H,10-11,13H2. The molecule has 23 heavy (non-hydrogen) atoms. The summed E-state index contributed by atoms with van der Waals surface area (Å²) in [5.41, 5.74) is 2.38. The molecule has 1 heterocycles. The highest BCUT2D eigenvalue weighted by Gasteiger charge is 2.12. The lowest BCUT2D eigenvalue weighted by atomic mass is 10.1. The van der Waals surface area contributed by atoms with Gasteiger partial charge in [0.15, 0.2) is 5.78 Å². The van der Waals surface area contributed by atoms with Crippen molar-refractivity contribution in [3.05, 3.63) is 71.9 Å². The van der Waals surface area contributed by atoms with Gasteiger partial charge in [-0.25, -0.2) is 0 Å². The van der Waals surface area contributed by atoms with E-state index in [1.165, 1.54) is 0 Å². The molecule has 0 unspecified atom stereocenters. The number of carbonyl (C=O) groups is 2. The summed E-state index contributed by atoms with van der Waals surface area (Å²) < 4.78 is 5.17. The molecule has 4 nitrogen and oxygen atoms in total. The molecule has 2 aromatic carbocycles. The smallest absolute Gasteiger partial charge is 0.306 e. The minimum Gasteiger partial charge on any atom is -0.461 e. The molecule has 3 aromatic rings. The summed E-state index contributed by atoms with van der Waals surface area (Å²) >= 11 is 0. The zero-order valence-corrected chi connectivity index (χ0v) is 12.6. The number of carbonyl (C=O) groups excluding carboxylic acids is 2. The topological polar surface area (TPSA) is 59.2 Å². The van der Waals surface area contributed by atoms with Crippen LogP contribution in [0, 0.1) is 0 Å². The number of hydrogen-bond acceptors (Lipinski definition) is 3. The van der Waals surface area contributed by atoms with E-state index in [2.05, 4.69) is 4.98 Å². The van der Waals surface area contributed by atoms with Crippen molar-refractivity contribution < 1.29 is 14.3 Å². The summed E-state index contributed by atoms with van der Waals surface area (Å²) in [7, 11) is 0. The zero-order chi connectivity index (χ0) is 16.1. The van der Waals surface area contributed by atoms with E-state index in [1.807, 2.05) is 60.7 Å². The van der Waals surface area contributed by atoms with Crippen molar-refractivity contribution in [3.8, 4) is 0 Å². The number of nitrogens with one attached hydrogen (secondary N) is 1. The number of aromatic nitrogens is 1. The minimum absolute atomic E-state index is 0.0844. The zero-order valence-electron chi connectivity index (χ0n) is 12.6. The summed E-state index contributed by atoms with van der Waals surface area (Å²) in [4.78, 5) is 27.0. The normalized spacial score (nSPS) is 10.6. The highest BCUT2D eigenvalue weighted by Crippen LogP contribution is 2.16. The Morgan fingerprint density at radius 3 is 2.43 bits per heavy atom. The number of H-pyrrole nitrogens is 1. The number of para-hydroxylation sites is 1. The molecule has 0 bridgehead atoms. The molecule has 0 atom stereocenters. The second kappa shape index (κ2) is 6.92. The SMILES string of the molecule is O=C(CCC(=O)c1cc2ccccc2[nH]1)OCc1ccccc1. The number of Topliss-reactive ketones (excluding diaryl/α,β-unsaturated/α-hetero) is 1. The number of fused-ring (bicyclic) bond motifs is 1. The maximum Gasteiger partial charge on any atom is 0.306 e. The Hall–Kier alpha value is -2.88. The molecule has 116 valence electrons. The van der Waals surface area contributed by atoms with Gasteiger partial charge in [0.2, 0.25) is 0 Å². The van der Waals surface area contributed by atoms with Gasteiger partial charge >= 0.3 is 5.97 Å². The van der Waals surface area contributed by atoms with Gasteiger partial charge in [0.25, 0.3) is 0 Å². The first kappa shape index (κ1) is 15.0. The number of benzene rings is 2. The van der Waals surface area contributed by atoms with Gasteiger partial charge in [0.1, 0.15) is 6.61 Å². The molecule has 1 N–H and O–H groups in total. The van der Waals surface area contributed by atoms with Crippen LogP contribution in [0.1, 0.15) is 28.9 Å². The third kappa shape index (κ3) is 3.86. The Labute approximate surface area is 134 Å². The number of aromatic amines is 1. The van der Waals surface area contributed by atoms with Gasteiger partial charge in [-0.15, -0.1) is 0 Å². The number of hydrogen-bond donors (Lipinski definition) is 1. The van der Waals surface area contributed by atoms with Crippen LogP contribution in [-0.4, -0.2) is 16.7 Å². The average molecular weight is 307 g/mol. The lowest BCUT2D eigenvalue weighted by molar-refractivity contribution is -0.144. The highest BCUT2D eigenvalue weighted by molar-refractivity contribution is 6.00. The van der Waals surface area contributed by atoms with Crippen LogP contribution in [0.5, 0.6) is 0 Å². The Morgan fingerprint density at radius 2 is 1.65 bits per heavy atom. The Bertz CT molecular complexity index is 788. The Morgan fingerprint density at radius 1 is 0.913 bits per heavy atom. The van der Waals surface area contributed by atoms with E-state index in [1.54, 1.807) is 0 Å². The second-order valence-corrected chi connectivity index (χ2v) is 5.34. The predicted molar refractivity (Wildman–Crippen MR) is 88.1 cm³/mol. The first-order valence-electron chi connectivity index (χ1n) is 7.53. The molecule has 0 saturated carbocycles. The van der Waals surface area contributed by atoms with Gasteiger partial charge in [0, 0.05) is 17.3 Å². The van der Waals surface area contributed by atoms with Crippen molar-refractivity contribution in [2.75, 3.05) is 0 Å². The lowest BCUT2D eigenvalue weighted by Gasteiger charge is -2.04. The quantitative estimate of drug-likeness (QED) is 0.555. The van der Waals surface area contributed by atoms with E-state index >= 15 is 0 Å². The number of rotatable bonds is 6. The van der Waals surface area contributed by atoms with Crippen LogP contribution in [0.2, 0.25) is 0 Å². The number of ketones is 1. The third-order valence-electron chi connectivity index (χ3n) is 3.63. The van der Waals surface area contributed by atoms with Gasteiger partial charge in [-0.2, -0.15) is 0 Å².